The molecule has 3 heteroatoms. The zero-order valence-electron chi connectivity index (χ0n) is 4.92. The van der Waals surface area contributed by atoms with E-state index in [1.807, 2.05) is 6.92 Å². The van der Waals surface area contributed by atoms with Crippen molar-refractivity contribution in [2.45, 2.75) is 13.0 Å². The first kappa shape index (κ1) is 6.01. The summed E-state index contributed by atoms with van der Waals surface area (Å²) in [5.41, 5.74) is 0. The molecule has 1 unspecified atom stereocenters. The molecule has 0 aromatic carbocycles. The minimum Gasteiger partial charge on any atom is -0.534 e. The summed E-state index contributed by atoms with van der Waals surface area (Å²) in [5.74, 6) is 0. The SMILES string of the molecule is C1CO1.CC1C[O+]1[O-]. The van der Waals surface area contributed by atoms with E-state index in [0.29, 0.717) is 6.61 Å². The molecule has 2 rings (SSSR count). The summed E-state index contributed by atoms with van der Waals surface area (Å²) in [4.78, 5) is 0. The van der Waals surface area contributed by atoms with Crippen LogP contribution >= 0.6 is 0 Å². The maximum atomic E-state index is 9.72. The smallest absolute Gasteiger partial charge is 0.228 e. The van der Waals surface area contributed by atoms with Gasteiger partial charge in [-0.3, -0.25) is 0 Å². The molecule has 48 valence electrons. The Labute approximate surface area is 48.5 Å². The lowest BCUT2D eigenvalue weighted by molar-refractivity contribution is -0.736. The van der Waals surface area contributed by atoms with Crippen molar-refractivity contribution in [1.82, 2.24) is 0 Å². The minimum atomic E-state index is 0.245. The Morgan fingerprint density at radius 1 is 1.62 bits per heavy atom. The quantitative estimate of drug-likeness (QED) is 0.238. The number of rotatable bonds is 0. The monoisotopic (exact) mass is 118 g/mol. The Bertz CT molecular complexity index is 63.3. The third-order valence-electron chi connectivity index (χ3n) is 0.936. The number of epoxide rings is 2. The van der Waals surface area contributed by atoms with E-state index in [0.717, 1.165) is 13.2 Å². The molecule has 0 spiro atoms. The topological polar surface area (TPSA) is 38.3 Å². The van der Waals surface area contributed by atoms with Crippen LogP contribution in [-0.2, 0) is 9.25 Å². The van der Waals surface area contributed by atoms with Gasteiger partial charge in [0.05, 0.1) is 13.2 Å². The Morgan fingerprint density at radius 3 is 1.88 bits per heavy atom. The van der Waals surface area contributed by atoms with Gasteiger partial charge in [-0.05, 0) is 0 Å². The van der Waals surface area contributed by atoms with Gasteiger partial charge in [0, 0.05) is 6.92 Å². The molecule has 2 aliphatic rings. The van der Waals surface area contributed by atoms with Crippen molar-refractivity contribution in [2.75, 3.05) is 19.8 Å². The molecule has 0 N–H and O–H groups in total. The van der Waals surface area contributed by atoms with Crippen molar-refractivity contribution in [2.24, 2.45) is 0 Å². The molecule has 8 heavy (non-hydrogen) atoms. The summed E-state index contributed by atoms with van der Waals surface area (Å²) in [5, 5.41) is 9.72. The van der Waals surface area contributed by atoms with Gasteiger partial charge in [0.1, 0.15) is 0 Å². The largest absolute Gasteiger partial charge is 0.534 e. The second-order valence-corrected chi connectivity index (χ2v) is 1.97. The minimum absolute atomic E-state index is 0.245. The fraction of sp³-hybridized carbons (Fsp3) is 1.00. The van der Waals surface area contributed by atoms with Gasteiger partial charge in [-0.15, -0.1) is 0 Å². The first-order chi connectivity index (χ1) is 3.80. The molecular formula is C5H10O3. The fourth-order valence-electron chi connectivity index (χ4n) is 0.192. The van der Waals surface area contributed by atoms with Crippen LogP contribution in [0.4, 0.5) is 0 Å². The zero-order valence-corrected chi connectivity index (χ0v) is 4.92. The molecule has 2 saturated heterocycles. The van der Waals surface area contributed by atoms with E-state index in [9.17, 15) is 5.26 Å². The van der Waals surface area contributed by atoms with Crippen LogP contribution in [0.25, 0.3) is 0 Å². The molecule has 2 heterocycles. The highest BCUT2D eigenvalue weighted by molar-refractivity contribution is 4.61. The van der Waals surface area contributed by atoms with Crippen LogP contribution in [0.1, 0.15) is 6.92 Å². The lowest BCUT2D eigenvalue weighted by Crippen LogP contribution is -2.04. The maximum Gasteiger partial charge on any atom is 0.228 e. The van der Waals surface area contributed by atoms with Crippen molar-refractivity contribution in [3.8, 4) is 0 Å². The van der Waals surface area contributed by atoms with Crippen molar-refractivity contribution >= 4 is 0 Å². The summed E-state index contributed by atoms with van der Waals surface area (Å²) in [6.07, 6.45) is 0.245. The molecule has 0 radical (unpaired) electrons. The predicted octanol–water partition coefficient (Wildman–Crippen LogP) is -0.767. The molecule has 0 aromatic heterocycles. The highest BCUT2D eigenvalue weighted by Gasteiger charge is 2.31. The van der Waals surface area contributed by atoms with Crippen LogP contribution in [0.2, 0.25) is 0 Å². The van der Waals surface area contributed by atoms with Gasteiger partial charge < -0.3 is 14.5 Å². The molecular weight excluding hydrogens is 108 g/mol. The van der Waals surface area contributed by atoms with E-state index >= 15 is 0 Å². The molecule has 1 atom stereocenters. The Kier molecular flexibility index (Phi) is 1.83. The molecule has 0 saturated carbocycles. The Hall–Kier alpha value is -0.120. The van der Waals surface area contributed by atoms with E-state index in [4.69, 9.17) is 0 Å². The maximum absolute atomic E-state index is 9.72. The van der Waals surface area contributed by atoms with Gasteiger partial charge in [0.2, 0.25) is 12.7 Å². The summed E-state index contributed by atoms with van der Waals surface area (Å²) in [6.45, 7) is 4.54. The predicted molar refractivity (Wildman–Crippen MR) is 26.2 cm³/mol. The van der Waals surface area contributed by atoms with Crippen molar-refractivity contribution in [1.29, 1.82) is 0 Å². The lowest BCUT2D eigenvalue weighted by atomic mass is 10.6. The van der Waals surface area contributed by atoms with Crippen molar-refractivity contribution < 1.29 is 14.5 Å². The van der Waals surface area contributed by atoms with Gasteiger partial charge in [-0.1, -0.05) is 0 Å². The van der Waals surface area contributed by atoms with Crippen LogP contribution in [0.5, 0.6) is 0 Å². The van der Waals surface area contributed by atoms with E-state index in [-0.39, 0.29) is 6.10 Å². The summed E-state index contributed by atoms with van der Waals surface area (Å²) in [6, 6.07) is 0. The van der Waals surface area contributed by atoms with Crippen LogP contribution in [0.15, 0.2) is 0 Å². The molecule has 2 aliphatic heterocycles. The van der Waals surface area contributed by atoms with E-state index in [1.54, 1.807) is 4.52 Å². The first-order valence-electron chi connectivity index (χ1n) is 2.75. The highest BCUT2D eigenvalue weighted by atomic mass is 17.3. The van der Waals surface area contributed by atoms with Crippen LogP contribution < -0.4 is 5.26 Å². The third-order valence-corrected chi connectivity index (χ3v) is 0.936. The van der Waals surface area contributed by atoms with E-state index in [1.165, 1.54) is 0 Å². The highest BCUT2D eigenvalue weighted by Crippen LogP contribution is 2.13. The van der Waals surface area contributed by atoms with Crippen molar-refractivity contribution in [3.63, 3.8) is 0 Å². The van der Waals surface area contributed by atoms with E-state index < -0.39 is 0 Å². The van der Waals surface area contributed by atoms with Crippen LogP contribution in [0.3, 0.4) is 0 Å². The standard InChI is InChI=1S/C3H6O2.C2H4O/c1-3-2-5(3)4;1-2-3-1/h3H,2H2,1H3;1-2H2. The summed E-state index contributed by atoms with van der Waals surface area (Å²) < 4.78 is 6.16. The second kappa shape index (κ2) is 2.44. The van der Waals surface area contributed by atoms with Crippen LogP contribution in [0, 0.1) is 0 Å². The average molecular weight is 118 g/mol. The fourth-order valence-corrected chi connectivity index (χ4v) is 0.192. The normalized spacial score (nSPS) is 33.0. The molecule has 0 aromatic rings. The number of hydrogen-bond donors (Lipinski definition) is 0. The number of ether oxygens (including phenoxy) is 1. The lowest BCUT2D eigenvalue weighted by Gasteiger charge is -1.88. The first-order valence-corrected chi connectivity index (χ1v) is 2.75. The molecule has 2 fully saturated rings. The van der Waals surface area contributed by atoms with Gasteiger partial charge in [-0.25, -0.2) is 0 Å². The van der Waals surface area contributed by atoms with Gasteiger partial charge >= 0.3 is 0 Å². The molecule has 0 bridgehead atoms. The molecule has 0 amide bonds. The van der Waals surface area contributed by atoms with E-state index in [2.05, 4.69) is 4.74 Å². The van der Waals surface area contributed by atoms with Gasteiger partial charge in [0.25, 0.3) is 0 Å². The van der Waals surface area contributed by atoms with Gasteiger partial charge in [0.15, 0.2) is 0 Å². The number of hydrogen-bond acceptors (Lipinski definition) is 2. The zero-order chi connectivity index (χ0) is 5.98. The van der Waals surface area contributed by atoms with Gasteiger partial charge in [-0.2, -0.15) is 0 Å². The Morgan fingerprint density at radius 2 is 1.88 bits per heavy atom. The summed E-state index contributed by atoms with van der Waals surface area (Å²) in [7, 11) is 0. The third kappa shape index (κ3) is 2.96. The second-order valence-electron chi connectivity index (χ2n) is 1.97. The average Bonchev–Trinajstić information content (AvgIpc) is 2.44. The summed E-state index contributed by atoms with van der Waals surface area (Å²) >= 11 is 0. The molecule has 0 aliphatic carbocycles. The van der Waals surface area contributed by atoms with Crippen LogP contribution in [-0.4, -0.2) is 25.9 Å². The Balaban J connectivity index is 0.0000000907. The van der Waals surface area contributed by atoms with Crippen molar-refractivity contribution in [3.05, 3.63) is 0 Å². The molecule has 3 nitrogen and oxygen atoms in total.